The molecule has 144 valence electrons. The minimum absolute atomic E-state index is 0. The number of guanidine groups is 1. The average molecular weight is 506 g/mol. The number of aryl methyl sites for hydroxylation is 1. The maximum Gasteiger partial charge on any atom is 0.243 e. The van der Waals surface area contributed by atoms with Crippen molar-refractivity contribution in [3.05, 3.63) is 44.3 Å². The SMILES string of the molecule is Cc1ccc(CC(C)NC(=NCC(=O)N(C)C)NCc2cccs2)s1.I. The fraction of sp³-hybridized carbons (Fsp3) is 0.444. The number of carbonyl (C=O) groups is 1. The van der Waals surface area contributed by atoms with Gasteiger partial charge in [-0.2, -0.15) is 0 Å². The number of halogens is 1. The predicted octanol–water partition coefficient (Wildman–Crippen LogP) is 3.49. The van der Waals surface area contributed by atoms with Crippen LogP contribution in [0.25, 0.3) is 0 Å². The van der Waals surface area contributed by atoms with Crippen molar-refractivity contribution in [3.8, 4) is 0 Å². The standard InChI is InChI=1S/C18H26N4OS2.HI/c1-13(10-15-8-7-14(2)25-15)21-18(20-12-17(23)22(3)4)19-11-16-6-5-9-24-16;/h5-9,13H,10-12H2,1-4H3,(H2,19,20,21);1H. The Labute approximate surface area is 180 Å². The number of amides is 1. The molecule has 0 aliphatic carbocycles. The molecule has 0 aromatic carbocycles. The van der Waals surface area contributed by atoms with Gasteiger partial charge in [-0.15, -0.1) is 46.7 Å². The van der Waals surface area contributed by atoms with Crippen molar-refractivity contribution >= 4 is 58.5 Å². The number of nitrogens with zero attached hydrogens (tertiary/aromatic N) is 2. The highest BCUT2D eigenvalue weighted by Crippen LogP contribution is 2.16. The normalized spacial score (nSPS) is 12.2. The first-order valence-corrected chi connectivity index (χ1v) is 9.96. The molecule has 2 aromatic rings. The zero-order valence-electron chi connectivity index (χ0n) is 15.6. The lowest BCUT2D eigenvalue weighted by Crippen LogP contribution is -2.43. The summed E-state index contributed by atoms with van der Waals surface area (Å²) in [4.78, 5) is 21.7. The smallest absolute Gasteiger partial charge is 0.243 e. The van der Waals surface area contributed by atoms with E-state index in [0.717, 1.165) is 6.42 Å². The molecule has 0 radical (unpaired) electrons. The molecule has 0 saturated carbocycles. The third kappa shape index (κ3) is 8.05. The van der Waals surface area contributed by atoms with Crippen molar-refractivity contribution in [2.45, 2.75) is 32.9 Å². The third-order valence-corrected chi connectivity index (χ3v) is 5.47. The van der Waals surface area contributed by atoms with Gasteiger partial charge in [0.05, 0.1) is 6.54 Å². The molecular weight excluding hydrogens is 479 g/mol. The summed E-state index contributed by atoms with van der Waals surface area (Å²) in [6.07, 6.45) is 0.930. The second-order valence-electron chi connectivity index (χ2n) is 6.15. The summed E-state index contributed by atoms with van der Waals surface area (Å²) in [7, 11) is 3.48. The van der Waals surface area contributed by atoms with Gasteiger partial charge in [0.1, 0.15) is 6.54 Å². The lowest BCUT2D eigenvalue weighted by Gasteiger charge is -2.18. The Morgan fingerprint density at radius 1 is 1.27 bits per heavy atom. The number of hydrogen-bond donors (Lipinski definition) is 2. The van der Waals surface area contributed by atoms with Crippen LogP contribution in [-0.2, 0) is 17.8 Å². The number of likely N-dealkylation sites (N-methyl/N-ethyl adjacent to an activating group) is 1. The molecule has 5 nitrogen and oxygen atoms in total. The van der Waals surface area contributed by atoms with Crippen LogP contribution in [0.5, 0.6) is 0 Å². The number of thiophene rings is 2. The molecule has 2 heterocycles. The van der Waals surface area contributed by atoms with E-state index >= 15 is 0 Å². The molecule has 0 saturated heterocycles. The molecule has 0 spiro atoms. The van der Waals surface area contributed by atoms with Gasteiger partial charge >= 0.3 is 0 Å². The summed E-state index contributed by atoms with van der Waals surface area (Å²) >= 11 is 3.52. The van der Waals surface area contributed by atoms with Gasteiger partial charge in [0, 0.05) is 41.2 Å². The molecule has 8 heteroatoms. The minimum atomic E-state index is -0.0150. The summed E-state index contributed by atoms with van der Waals surface area (Å²) in [5, 5.41) is 8.79. The molecule has 0 aliphatic heterocycles. The van der Waals surface area contributed by atoms with Crippen LogP contribution in [0.4, 0.5) is 0 Å². The Balaban J connectivity index is 0.00000338. The lowest BCUT2D eigenvalue weighted by atomic mass is 10.2. The first-order chi connectivity index (χ1) is 11.9. The number of rotatable bonds is 7. The first kappa shape index (κ1) is 22.9. The van der Waals surface area contributed by atoms with Crippen LogP contribution >= 0.6 is 46.7 Å². The van der Waals surface area contributed by atoms with E-state index in [1.54, 1.807) is 30.3 Å². The van der Waals surface area contributed by atoms with Gasteiger partial charge in [0.2, 0.25) is 5.91 Å². The van der Waals surface area contributed by atoms with E-state index in [1.807, 2.05) is 17.4 Å². The molecule has 0 aliphatic rings. The number of hydrogen-bond acceptors (Lipinski definition) is 4. The van der Waals surface area contributed by atoms with E-state index < -0.39 is 0 Å². The van der Waals surface area contributed by atoms with Crippen molar-refractivity contribution in [1.29, 1.82) is 0 Å². The second kappa shape index (κ2) is 11.6. The van der Waals surface area contributed by atoms with Gasteiger partial charge in [-0.25, -0.2) is 4.99 Å². The monoisotopic (exact) mass is 506 g/mol. The first-order valence-electron chi connectivity index (χ1n) is 8.26. The fourth-order valence-corrected chi connectivity index (χ4v) is 3.87. The van der Waals surface area contributed by atoms with E-state index in [9.17, 15) is 4.79 Å². The van der Waals surface area contributed by atoms with E-state index in [0.29, 0.717) is 12.5 Å². The van der Waals surface area contributed by atoms with Crippen LogP contribution in [0.15, 0.2) is 34.6 Å². The van der Waals surface area contributed by atoms with Gasteiger partial charge in [-0.3, -0.25) is 4.79 Å². The molecule has 2 N–H and O–H groups in total. The van der Waals surface area contributed by atoms with Gasteiger partial charge in [-0.1, -0.05) is 6.07 Å². The van der Waals surface area contributed by atoms with Crippen molar-refractivity contribution < 1.29 is 4.79 Å². The Kier molecular flexibility index (Phi) is 10.2. The molecule has 2 rings (SSSR count). The predicted molar refractivity (Wildman–Crippen MR) is 123 cm³/mol. The highest BCUT2D eigenvalue weighted by molar-refractivity contribution is 14.0. The second-order valence-corrected chi connectivity index (χ2v) is 8.55. The van der Waals surface area contributed by atoms with E-state index in [2.05, 4.69) is 53.1 Å². The molecule has 1 amide bonds. The number of nitrogens with one attached hydrogen (secondary N) is 2. The summed E-state index contributed by atoms with van der Waals surface area (Å²) in [5.74, 6) is 0.656. The quantitative estimate of drug-likeness (QED) is 0.344. The van der Waals surface area contributed by atoms with E-state index in [1.165, 1.54) is 14.6 Å². The molecule has 26 heavy (non-hydrogen) atoms. The van der Waals surface area contributed by atoms with Gasteiger partial charge in [0.15, 0.2) is 5.96 Å². The van der Waals surface area contributed by atoms with Crippen LogP contribution < -0.4 is 10.6 Å². The maximum absolute atomic E-state index is 11.8. The van der Waals surface area contributed by atoms with Gasteiger partial charge < -0.3 is 15.5 Å². The van der Waals surface area contributed by atoms with Crippen molar-refractivity contribution in [3.63, 3.8) is 0 Å². The van der Waals surface area contributed by atoms with Crippen LogP contribution in [0.2, 0.25) is 0 Å². The Morgan fingerprint density at radius 3 is 2.62 bits per heavy atom. The van der Waals surface area contributed by atoms with E-state index in [4.69, 9.17) is 0 Å². The van der Waals surface area contributed by atoms with Crippen LogP contribution in [0, 0.1) is 6.92 Å². The van der Waals surface area contributed by atoms with Crippen LogP contribution in [0.1, 0.15) is 21.6 Å². The fourth-order valence-electron chi connectivity index (χ4n) is 2.21. The van der Waals surface area contributed by atoms with Gasteiger partial charge in [-0.05, 0) is 37.4 Å². The van der Waals surface area contributed by atoms with E-state index in [-0.39, 0.29) is 42.5 Å². The van der Waals surface area contributed by atoms with Crippen LogP contribution in [-0.4, -0.2) is 43.4 Å². The topological polar surface area (TPSA) is 56.7 Å². The van der Waals surface area contributed by atoms with Crippen LogP contribution in [0.3, 0.4) is 0 Å². The molecule has 1 atom stereocenters. The highest BCUT2D eigenvalue weighted by Gasteiger charge is 2.10. The highest BCUT2D eigenvalue weighted by atomic mass is 127. The molecule has 1 unspecified atom stereocenters. The summed E-state index contributed by atoms with van der Waals surface area (Å²) in [6.45, 7) is 5.09. The molecule has 0 bridgehead atoms. The number of carbonyl (C=O) groups excluding carboxylic acids is 1. The zero-order chi connectivity index (χ0) is 18.2. The number of aliphatic imine (C=N–C) groups is 1. The molecular formula is C18H27IN4OS2. The summed E-state index contributed by atoms with van der Waals surface area (Å²) < 4.78 is 0. The largest absolute Gasteiger partial charge is 0.354 e. The minimum Gasteiger partial charge on any atom is -0.354 e. The Bertz CT molecular complexity index is 698. The third-order valence-electron chi connectivity index (χ3n) is 3.57. The Morgan fingerprint density at radius 2 is 2.04 bits per heavy atom. The zero-order valence-corrected chi connectivity index (χ0v) is 19.6. The Hall–Kier alpha value is -1.13. The maximum atomic E-state index is 11.8. The lowest BCUT2D eigenvalue weighted by molar-refractivity contribution is -0.127. The summed E-state index contributed by atoms with van der Waals surface area (Å²) in [5.41, 5.74) is 0. The summed E-state index contributed by atoms with van der Waals surface area (Å²) in [6, 6.07) is 8.65. The van der Waals surface area contributed by atoms with Gasteiger partial charge in [0.25, 0.3) is 0 Å². The average Bonchev–Trinajstić information content (AvgIpc) is 3.21. The van der Waals surface area contributed by atoms with Crippen molar-refractivity contribution in [2.24, 2.45) is 4.99 Å². The molecule has 0 fully saturated rings. The van der Waals surface area contributed by atoms with Crippen molar-refractivity contribution in [2.75, 3.05) is 20.6 Å². The molecule has 2 aromatic heterocycles. The van der Waals surface area contributed by atoms with Crippen molar-refractivity contribution in [1.82, 2.24) is 15.5 Å².